The van der Waals surface area contributed by atoms with E-state index in [-0.39, 0.29) is 41.8 Å². The topological polar surface area (TPSA) is 116 Å². The molecule has 0 aliphatic heterocycles. The van der Waals surface area contributed by atoms with Crippen LogP contribution in [0.15, 0.2) is 64.9 Å². The minimum Gasteiger partial charge on any atom is -0.511 e. The van der Waals surface area contributed by atoms with E-state index in [0.29, 0.717) is 49.9 Å². The number of carboxylic acid groups (broad SMARTS) is 1. The lowest BCUT2D eigenvalue weighted by atomic mass is 9.75. The minimum atomic E-state index is -1.09. The molecular weight excluding hydrogens is 544 g/mol. The molecule has 1 unspecified atom stereocenters. The van der Waals surface area contributed by atoms with Gasteiger partial charge in [0.1, 0.15) is 18.4 Å². The van der Waals surface area contributed by atoms with Crippen LogP contribution in [0.4, 0.5) is 4.79 Å². The molecule has 0 fully saturated rings. The van der Waals surface area contributed by atoms with Crippen LogP contribution < -0.4 is 0 Å². The summed E-state index contributed by atoms with van der Waals surface area (Å²) < 4.78 is 5.67. The highest BCUT2D eigenvalue weighted by Crippen LogP contribution is 2.44. The monoisotopic (exact) mass is 588 g/mol. The van der Waals surface area contributed by atoms with E-state index in [1.54, 1.807) is 0 Å². The van der Waals surface area contributed by atoms with Crippen LogP contribution in [0.1, 0.15) is 83.3 Å². The molecule has 230 valence electrons. The van der Waals surface area contributed by atoms with E-state index in [1.807, 2.05) is 64.1 Å². The van der Waals surface area contributed by atoms with Gasteiger partial charge in [0.2, 0.25) is 0 Å². The number of allylic oxidation sites excluding steroid dienone is 2. The molecule has 0 aromatic heterocycles. The molecule has 43 heavy (non-hydrogen) atoms. The number of benzene rings is 2. The van der Waals surface area contributed by atoms with E-state index in [4.69, 9.17) is 9.73 Å². The van der Waals surface area contributed by atoms with Crippen molar-refractivity contribution in [2.75, 3.05) is 20.2 Å². The van der Waals surface area contributed by atoms with Crippen LogP contribution in [-0.4, -0.2) is 64.9 Å². The van der Waals surface area contributed by atoms with Crippen molar-refractivity contribution >= 4 is 23.6 Å². The standard InChI is InChI=1S/C35H44N2O6/c1-22(2)18-28(32-30(38)19-35(3,4)20-31(32)39)36-17-11-10-16-29(33(40)41)37(5)34(42)43-21-27-25-14-8-6-12-23(25)24-13-7-9-15-26(24)27/h6-9,12-15,22,27,29,38H,10-11,16-21H2,1-5H3,(H,40,41). The zero-order valence-corrected chi connectivity index (χ0v) is 25.9. The number of hydrogen-bond acceptors (Lipinski definition) is 6. The molecule has 0 heterocycles. The van der Waals surface area contributed by atoms with Gasteiger partial charge in [-0.3, -0.25) is 14.7 Å². The molecule has 4 rings (SSSR count). The molecule has 2 N–H and O–H groups in total. The molecule has 2 aliphatic carbocycles. The highest BCUT2D eigenvalue weighted by atomic mass is 16.6. The summed E-state index contributed by atoms with van der Waals surface area (Å²) in [6, 6.07) is 15.1. The predicted octanol–water partition coefficient (Wildman–Crippen LogP) is 7.18. The second-order valence-electron chi connectivity index (χ2n) is 13.0. The molecule has 0 saturated carbocycles. The second-order valence-corrected chi connectivity index (χ2v) is 13.0. The predicted molar refractivity (Wildman–Crippen MR) is 168 cm³/mol. The molecule has 2 aliphatic rings. The molecular formula is C35H44N2O6. The van der Waals surface area contributed by atoms with Gasteiger partial charge in [-0.2, -0.15) is 0 Å². The maximum Gasteiger partial charge on any atom is 0.410 e. The number of rotatable bonds is 12. The third-order valence-electron chi connectivity index (χ3n) is 8.31. The summed E-state index contributed by atoms with van der Waals surface area (Å²) in [5.74, 6) is -0.919. The Bertz CT molecular complexity index is 1380. The molecule has 1 amide bonds. The minimum absolute atomic E-state index is 0.0798. The Hall–Kier alpha value is -3.94. The quantitative estimate of drug-likeness (QED) is 0.200. The maximum atomic E-state index is 13.0. The summed E-state index contributed by atoms with van der Waals surface area (Å²) >= 11 is 0. The van der Waals surface area contributed by atoms with Crippen molar-refractivity contribution in [3.8, 4) is 11.1 Å². The molecule has 0 saturated heterocycles. The zero-order chi connectivity index (χ0) is 31.3. The molecule has 8 nitrogen and oxygen atoms in total. The van der Waals surface area contributed by atoms with Gasteiger partial charge >= 0.3 is 12.1 Å². The lowest BCUT2D eigenvalue weighted by molar-refractivity contribution is -0.142. The van der Waals surface area contributed by atoms with Crippen LogP contribution in [-0.2, 0) is 14.3 Å². The number of amides is 1. The van der Waals surface area contributed by atoms with E-state index >= 15 is 0 Å². The van der Waals surface area contributed by atoms with Crippen molar-refractivity contribution in [3.63, 3.8) is 0 Å². The average molecular weight is 589 g/mol. The Morgan fingerprint density at radius 2 is 1.63 bits per heavy atom. The number of aliphatic hydroxyl groups is 1. The van der Waals surface area contributed by atoms with Gasteiger partial charge < -0.3 is 14.9 Å². The summed E-state index contributed by atoms with van der Waals surface area (Å²) in [7, 11) is 1.46. The summed E-state index contributed by atoms with van der Waals surface area (Å²) in [4.78, 5) is 43.8. The van der Waals surface area contributed by atoms with E-state index in [2.05, 4.69) is 12.1 Å². The highest BCUT2D eigenvalue weighted by Gasteiger charge is 2.35. The number of aliphatic imine (C=N–C) groups is 1. The van der Waals surface area contributed by atoms with Crippen molar-refractivity contribution in [1.82, 2.24) is 4.90 Å². The first-order chi connectivity index (χ1) is 20.4. The third kappa shape index (κ3) is 7.53. The molecule has 2 aromatic rings. The van der Waals surface area contributed by atoms with E-state index in [1.165, 1.54) is 7.05 Å². The lowest BCUT2D eigenvalue weighted by Crippen LogP contribution is -2.43. The van der Waals surface area contributed by atoms with Gasteiger partial charge in [0.25, 0.3) is 0 Å². The van der Waals surface area contributed by atoms with Crippen molar-refractivity contribution in [2.45, 2.75) is 78.2 Å². The zero-order valence-electron chi connectivity index (χ0n) is 25.9. The number of carbonyl (C=O) groups is 3. The number of likely N-dealkylation sites (N-methyl/N-ethyl adjacent to an activating group) is 1. The van der Waals surface area contributed by atoms with Crippen LogP contribution in [0.3, 0.4) is 0 Å². The first-order valence-corrected chi connectivity index (χ1v) is 15.2. The first-order valence-electron chi connectivity index (χ1n) is 15.2. The van der Waals surface area contributed by atoms with Gasteiger partial charge in [-0.05, 0) is 59.3 Å². The number of aliphatic hydroxyl groups excluding tert-OH is 1. The molecule has 1 atom stereocenters. The Labute approximate surface area is 254 Å². The first kappa shape index (κ1) is 32.0. The molecule has 0 spiro atoms. The fraction of sp³-hybridized carbons (Fsp3) is 0.486. The van der Waals surface area contributed by atoms with Gasteiger partial charge in [0.15, 0.2) is 5.78 Å². The van der Waals surface area contributed by atoms with Crippen LogP contribution in [0, 0.1) is 11.3 Å². The Morgan fingerprint density at radius 3 is 2.19 bits per heavy atom. The van der Waals surface area contributed by atoms with Gasteiger partial charge in [-0.15, -0.1) is 0 Å². The van der Waals surface area contributed by atoms with Crippen molar-refractivity contribution in [3.05, 3.63) is 71.0 Å². The summed E-state index contributed by atoms with van der Waals surface area (Å²) in [6.45, 7) is 8.54. The van der Waals surface area contributed by atoms with E-state index < -0.39 is 18.1 Å². The van der Waals surface area contributed by atoms with E-state index in [0.717, 1.165) is 27.2 Å². The Kier molecular flexibility index (Phi) is 10.1. The number of fused-ring (bicyclic) bond motifs is 3. The fourth-order valence-corrected chi connectivity index (χ4v) is 6.22. The number of aliphatic carboxylic acids is 1. The molecule has 0 bridgehead atoms. The average Bonchev–Trinajstić information content (AvgIpc) is 3.25. The number of ether oxygens (including phenoxy) is 1. The normalized spacial score (nSPS) is 17.1. The number of carbonyl (C=O) groups excluding carboxylic acids is 2. The summed E-state index contributed by atoms with van der Waals surface area (Å²) in [6.07, 6.45) is 2.05. The lowest BCUT2D eigenvalue weighted by Gasteiger charge is -2.30. The maximum absolute atomic E-state index is 13.0. The highest BCUT2D eigenvalue weighted by molar-refractivity contribution is 6.23. The van der Waals surface area contributed by atoms with Gasteiger partial charge in [-0.25, -0.2) is 9.59 Å². The van der Waals surface area contributed by atoms with Crippen LogP contribution in [0.25, 0.3) is 11.1 Å². The number of ketones is 1. The van der Waals surface area contributed by atoms with Gasteiger partial charge in [0, 0.05) is 38.1 Å². The van der Waals surface area contributed by atoms with Gasteiger partial charge in [0.05, 0.1) is 5.57 Å². The van der Waals surface area contributed by atoms with Crippen LogP contribution in [0.5, 0.6) is 0 Å². The number of hydrogen-bond donors (Lipinski definition) is 2. The number of Topliss-reactive ketones (excluding diaryl/α,β-unsaturated/α-hetero) is 1. The Morgan fingerprint density at radius 1 is 1.02 bits per heavy atom. The summed E-state index contributed by atoms with van der Waals surface area (Å²) in [5.41, 5.74) is 5.13. The second kappa shape index (κ2) is 13.6. The number of unbranched alkanes of at least 4 members (excludes halogenated alkanes) is 1. The van der Waals surface area contributed by atoms with Crippen molar-refractivity contribution < 1.29 is 29.3 Å². The molecule has 2 aromatic carbocycles. The van der Waals surface area contributed by atoms with Gasteiger partial charge in [-0.1, -0.05) is 76.2 Å². The summed E-state index contributed by atoms with van der Waals surface area (Å²) in [5, 5.41) is 20.6. The smallest absolute Gasteiger partial charge is 0.410 e. The van der Waals surface area contributed by atoms with Crippen molar-refractivity contribution in [2.24, 2.45) is 16.3 Å². The van der Waals surface area contributed by atoms with Crippen molar-refractivity contribution in [1.29, 1.82) is 0 Å². The number of carboxylic acids is 1. The molecule has 0 radical (unpaired) electrons. The SMILES string of the molecule is CC(C)CC(=NCCCCC(C(=O)O)N(C)C(=O)OCC1c2ccccc2-c2ccccc21)C1=C(O)CC(C)(C)CC1=O. The molecule has 8 heteroatoms. The fourth-order valence-electron chi connectivity index (χ4n) is 6.22. The Balaban J connectivity index is 1.34. The number of nitrogens with zero attached hydrogens (tertiary/aromatic N) is 2. The largest absolute Gasteiger partial charge is 0.511 e. The van der Waals surface area contributed by atoms with Crippen LogP contribution in [0.2, 0.25) is 0 Å². The van der Waals surface area contributed by atoms with E-state index in [9.17, 15) is 24.6 Å². The van der Waals surface area contributed by atoms with Crippen LogP contribution >= 0.6 is 0 Å². The third-order valence-corrected chi connectivity index (χ3v) is 8.31.